The number of carbonyl (C=O) groups excluding carboxylic acids is 2. The van der Waals surface area contributed by atoms with Crippen LogP contribution in [-0.4, -0.2) is 16.8 Å². The molecule has 0 radical (unpaired) electrons. The number of rotatable bonds is 3. The van der Waals surface area contributed by atoms with Crippen molar-refractivity contribution >= 4 is 33.6 Å². The van der Waals surface area contributed by atoms with Crippen LogP contribution in [0.25, 0.3) is 21.8 Å². The molecule has 3 aromatic rings. The number of pyridine rings is 1. The first-order valence-electron chi connectivity index (χ1n) is 9.22. The Morgan fingerprint density at radius 1 is 1.00 bits per heavy atom. The number of carbonyl (C=O) groups is 2. The molecule has 0 fully saturated rings. The molecule has 4 rings (SSSR count). The van der Waals surface area contributed by atoms with Gasteiger partial charge in [0.15, 0.2) is 0 Å². The molecule has 28 heavy (non-hydrogen) atoms. The molecule has 5 heteroatoms. The lowest BCUT2D eigenvalue weighted by Gasteiger charge is -2.34. The zero-order valence-corrected chi connectivity index (χ0v) is 15.8. The minimum atomic E-state index is -0.697. The topological polar surface area (TPSA) is 71.1 Å². The summed E-state index contributed by atoms with van der Waals surface area (Å²) in [5.41, 5.74) is 2.83. The minimum absolute atomic E-state index is 0.119. The van der Waals surface area contributed by atoms with Crippen molar-refractivity contribution in [1.29, 1.82) is 0 Å². The van der Waals surface area contributed by atoms with Gasteiger partial charge in [-0.05, 0) is 36.3 Å². The molecule has 0 spiro atoms. The van der Waals surface area contributed by atoms with Crippen LogP contribution in [0.4, 0.5) is 0 Å². The fourth-order valence-corrected chi connectivity index (χ4v) is 3.80. The SMILES string of the molecule is CC(=O)NC1=CCC(NC(C)=O)(c2cccc3nc4ccccc4cc23)C=C1. The Balaban J connectivity index is 1.88. The Morgan fingerprint density at radius 2 is 1.79 bits per heavy atom. The van der Waals surface area contributed by atoms with Gasteiger partial charge in [-0.15, -0.1) is 0 Å². The van der Waals surface area contributed by atoms with Crippen molar-refractivity contribution in [2.45, 2.75) is 25.8 Å². The van der Waals surface area contributed by atoms with Gasteiger partial charge in [0.1, 0.15) is 0 Å². The molecule has 0 saturated carbocycles. The first-order valence-corrected chi connectivity index (χ1v) is 9.22. The highest BCUT2D eigenvalue weighted by atomic mass is 16.2. The van der Waals surface area contributed by atoms with Crippen LogP contribution >= 0.6 is 0 Å². The molecule has 0 aliphatic heterocycles. The molecule has 1 unspecified atom stereocenters. The van der Waals surface area contributed by atoms with Gasteiger partial charge in [-0.25, -0.2) is 4.98 Å². The van der Waals surface area contributed by atoms with Gasteiger partial charge < -0.3 is 10.6 Å². The number of nitrogens with one attached hydrogen (secondary N) is 2. The van der Waals surface area contributed by atoms with Crippen LogP contribution in [-0.2, 0) is 15.1 Å². The lowest BCUT2D eigenvalue weighted by Crippen LogP contribution is -2.44. The molecule has 1 atom stereocenters. The van der Waals surface area contributed by atoms with E-state index in [1.165, 1.54) is 13.8 Å². The van der Waals surface area contributed by atoms with Gasteiger partial charge in [-0.1, -0.05) is 42.5 Å². The third-order valence-electron chi connectivity index (χ3n) is 4.95. The number of hydrogen-bond donors (Lipinski definition) is 2. The number of para-hydroxylation sites is 1. The second-order valence-corrected chi connectivity index (χ2v) is 7.08. The second-order valence-electron chi connectivity index (χ2n) is 7.08. The molecular weight excluding hydrogens is 350 g/mol. The predicted octanol–water partition coefficient (Wildman–Crippen LogP) is 3.70. The highest BCUT2D eigenvalue weighted by Gasteiger charge is 2.33. The van der Waals surface area contributed by atoms with Gasteiger partial charge >= 0.3 is 0 Å². The maximum absolute atomic E-state index is 12.0. The van der Waals surface area contributed by atoms with E-state index in [0.717, 1.165) is 33.1 Å². The standard InChI is InChI=1S/C23H21N3O2/c1-15(27)24-18-10-12-23(13-11-18,26-16(2)28)20-7-5-9-22-19(20)14-17-6-3-4-8-21(17)25-22/h3-12,14H,13H2,1-2H3,(H,24,27)(H,26,28). The van der Waals surface area contributed by atoms with Crippen molar-refractivity contribution in [1.82, 2.24) is 15.6 Å². The molecule has 0 bridgehead atoms. The molecule has 5 nitrogen and oxygen atoms in total. The van der Waals surface area contributed by atoms with E-state index in [2.05, 4.69) is 16.7 Å². The smallest absolute Gasteiger partial charge is 0.221 e. The van der Waals surface area contributed by atoms with Gasteiger partial charge in [0.25, 0.3) is 0 Å². The summed E-state index contributed by atoms with van der Waals surface area (Å²) in [6, 6.07) is 16.1. The van der Waals surface area contributed by atoms with Crippen LogP contribution < -0.4 is 10.6 Å². The van der Waals surface area contributed by atoms with Crippen LogP contribution in [0.5, 0.6) is 0 Å². The summed E-state index contributed by atoms with van der Waals surface area (Å²) in [5, 5.41) is 7.96. The highest BCUT2D eigenvalue weighted by molar-refractivity contribution is 5.95. The number of allylic oxidation sites excluding steroid dienone is 1. The zero-order chi connectivity index (χ0) is 19.7. The molecule has 1 aromatic heterocycles. The average molecular weight is 371 g/mol. The van der Waals surface area contributed by atoms with Crippen LogP contribution in [0.15, 0.2) is 72.5 Å². The van der Waals surface area contributed by atoms with Crippen LogP contribution in [0.2, 0.25) is 0 Å². The van der Waals surface area contributed by atoms with E-state index in [4.69, 9.17) is 4.98 Å². The van der Waals surface area contributed by atoms with Crippen LogP contribution in [0, 0.1) is 0 Å². The molecule has 1 heterocycles. The van der Waals surface area contributed by atoms with Gasteiger partial charge in [0.05, 0.1) is 16.6 Å². The number of fused-ring (bicyclic) bond motifs is 2. The van der Waals surface area contributed by atoms with Crippen molar-refractivity contribution in [2.75, 3.05) is 0 Å². The summed E-state index contributed by atoms with van der Waals surface area (Å²) in [4.78, 5) is 28.2. The van der Waals surface area contributed by atoms with E-state index in [-0.39, 0.29) is 11.8 Å². The van der Waals surface area contributed by atoms with E-state index in [1.807, 2.05) is 60.7 Å². The first kappa shape index (κ1) is 17.9. The van der Waals surface area contributed by atoms with Gasteiger partial charge in [0.2, 0.25) is 11.8 Å². The van der Waals surface area contributed by atoms with Crippen molar-refractivity contribution < 1.29 is 9.59 Å². The maximum Gasteiger partial charge on any atom is 0.221 e. The van der Waals surface area contributed by atoms with E-state index in [1.54, 1.807) is 0 Å². The van der Waals surface area contributed by atoms with Gasteiger partial charge in [-0.3, -0.25) is 9.59 Å². The third-order valence-corrected chi connectivity index (χ3v) is 4.95. The maximum atomic E-state index is 12.0. The van der Waals surface area contributed by atoms with Crippen molar-refractivity contribution in [2.24, 2.45) is 0 Å². The largest absolute Gasteiger partial charge is 0.343 e. The van der Waals surface area contributed by atoms with Gasteiger partial charge in [0, 0.05) is 30.3 Å². The first-order chi connectivity index (χ1) is 13.5. The normalized spacial score (nSPS) is 18.7. The van der Waals surface area contributed by atoms with E-state index < -0.39 is 5.54 Å². The van der Waals surface area contributed by atoms with Crippen molar-refractivity contribution in [3.8, 4) is 0 Å². The average Bonchev–Trinajstić information content (AvgIpc) is 2.66. The summed E-state index contributed by atoms with van der Waals surface area (Å²) in [6.07, 6.45) is 6.26. The summed E-state index contributed by atoms with van der Waals surface area (Å²) in [6.45, 7) is 2.99. The van der Waals surface area contributed by atoms with E-state index >= 15 is 0 Å². The summed E-state index contributed by atoms with van der Waals surface area (Å²) in [7, 11) is 0. The number of hydrogen-bond acceptors (Lipinski definition) is 3. The van der Waals surface area contributed by atoms with Gasteiger partial charge in [-0.2, -0.15) is 0 Å². The second kappa shape index (κ2) is 6.93. The molecular formula is C23H21N3O2. The molecule has 0 saturated heterocycles. The Bertz CT molecular complexity index is 1160. The fourth-order valence-electron chi connectivity index (χ4n) is 3.80. The van der Waals surface area contributed by atoms with E-state index in [0.29, 0.717) is 6.42 Å². The summed E-state index contributed by atoms with van der Waals surface area (Å²) < 4.78 is 0. The predicted molar refractivity (Wildman–Crippen MR) is 110 cm³/mol. The monoisotopic (exact) mass is 371 g/mol. The molecule has 1 aliphatic carbocycles. The number of amides is 2. The Morgan fingerprint density at radius 3 is 2.50 bits per heavy atom. The van der Waals surface area contributed by atoms with Crippen LogP contribution in [0.1, 0.15) is 25.8 Å². The lowest BCUT2D eigenvalue weighted by molar-refractivity contribution is -0.120. The van der Waals surface area contributed by atoms with Crippen molar-refractivity contribution in [3.63, 3.8) is 0 Å². The molecule has 2 amide bonds. The zero-order valence-electron chi connectivity index (χ0n) is 15.8. The highest BCUT2D eigenvalue weighted by Crippen LogP contribution is 2.36. The number of aromatic nitrogens is 1. The Labute approximate surface area is 163 Å². The number of benzene rings is 2. The number of nitrogens with zero attached hydrogens (tertiary/aromatic N) is 1. The molecule has 140 valence electrons. The Hall–Kier alpha value is -3.47. The third kappa shape index (κ3) is 3.27. The Kier molecular flexibility index (Phi) is 4.43. The molecule has 2 N–H and O–H groups in total. The fraction of sp³-hybridized carbons (Fsp3) is 0.174. The van der Waals surface area contributed by atoms with E-state index in [9.17, 15) is 9.59 Å². The summed E-state index contributed by atoms with van der Waals surface area (Å²) in [5.74, 6) is -0.240. The molecule has 1 aliphatic rings. The van der Waals surface area contributed by atoms with Crippen LogP contribution in [0.3, 0.4) is 0 Å². The van der Waals surface area contributed by atoms with Crippen molar-refractivity contribution in [3.05, 3.63) is 78.0 Å². The quantitative estimate of drug-likeness (QED) is 0.690. The minimum Gasteiger partial charge on any atom is -0.343 e. The lowest BCUT2D eigenvalue weighted by atomic mass is 9.81. The summed E-state index contributed by atoms with van der Waals surface area (Å²) >= 11 is 0. The molecule has 2 aromatic carbocycles.